The standard InChI is InChI=1S/C13H22N8/c1-10(21-9-15-8-16-21)11-17-12(19-18-11)20-5-3-13(2,7-14)4-6-20/h8-10H,3-7,14H2,1-2H3,(H,17,18,19). The van der Waals surface area contributed by atoms with Gasteiger partial charge in [0.25, 0.3) is 0 Å². The lowest BCUT2D eigenvalue weighted by atomic mass is 9.81. The van der Waals surface area contributed by atoms with Crippen molar-refractivity contribution in [1.29, 1.82) is 0 Å². The van der Waals surface area contributed by atoms with Crippen LogP contribution in [0.2, 0.25) is 0 Å². The number of hydrogen-bond acceptors (Lipinski definition) is 6. The number of rotatable bonds is 4. The first-order chi connectivity index (χ1) is 10.1. The average molecular weight is 290 g/mol. The molecule has 1 aliphatic rings. The van der Waals surface area contributed by atoms with Crippen molar-refractivity contribution in [2.75, 3.05) is 24.5 Å². The van der Waals surface area contributed by atoms with Crippen LogP contribution in [0.15, 0.2) is 12.7 Å². The van der Waals surface area contributed by atoms with Gasteiger partial charge < -0.3 is 10.6 Å². The topological polar surface area (TPSA) is 102 Å². The first-order valence-electron chi connectivity index (χ1n) is 7.33. The van der Waals surface area contributed by atoms with E-state index in [1.54, 1.807) is 11.0 Å². The molecule has 3 N–H and O–H groups in total. The fourth-order valence-corrected chi connectivity index (χ4v) is 2.59. The van der Waals surface area contributed by atoms with Gasteiger partial charge in [0.15, 0.2) is 5.82 Å². The third-order valence-corrected chi connectivity index (χ3v) is 4.47. The zero-order valence-electron chi connectivity index (χ0n) is 12.5. The number of H-pyrrole nitrogens is 1. The highest BCUT2D eigenvalue weighted by molar-refractivity contribution is 5.30. The van der Waals surface area contributed by atoms with Crippen LogP contribution in [0.25, 0.3) is 0 Å². The number of anilines is 1. The minimum Gasteiger partial charge on any atom is -0.340 e. The van der Waals surface area contributed by atoms with Crippen molar-refractivity contribution in [3.05, 3.63) is 18.5 Å². The minimum absolute atomic E-state index is 0.00662. The second-order valence-electron chi connectivity index (χ2n) is 6.07. The van der Waals surface area contributed by atoms with Crippen molar-refractivity contribution in [1.82, 2.24) is 29.9 Å². The predicted octanol–water partition coefficient (Wildman–Crippen LogP) is 0.571. The maximum absolute atomic E-state index is 5.85. The van der Waals surface area contributed by atoms with E-state index >= 15 is 0 Å². The van der Waals surface area contributed by atoms with E-state index in [-0.39, 0.29) is 11.5 Å². The average Bonchev–Trinajstić information content (AvgIpc) is 3.19. The molecule has 0 bridgehead atoms. The molecule has 1 fully saturated rings. The molecule has 1 aliphatic heterocycles. The van der Waals surface area contributed by atoms with E-state index in [0.717, 1.165) is 44.2 Å². The maximum Gasteiger partial charge on any atom is 0.244 e. The smallest absolute Gasteiger partial charge is 0.244 e. The zero-order valence-corrected chi connectivity index (χ0v) is 12.5. The Morgan fingerprint density at radius 2 is 2.19 bits per heavy atom. The summed E-state index contributed by atoms with van der Waals surface area (Å²) < 4.78 is 1.76. The molecule has 0 spiro atoms. The number of hydrogen-bond donors (Lipinski definition) is 2. The van der Waals surface area contributed by atoms with Crippen molar-refractivity contribution in [3.8, 4) is 0 Å². The van der Waals surface area contributed by atoms with Crippen molar-refractivity contribution in [2.45, 2.75) is 32.7 Å². The molecular formula is C13H22N8. The number of piperidine rings is 1. The second kappa shape index (κ2) is 5.44. The SMILES string of the molecule is CC(c1nc(N2CCC(C)(CN)CC2)n[nH]1)n1cncn1. The van der Waals surface area contributed by atoms with Gasteiger partial charge in [-0.1, -0.05) is 6.92 Å². The monoisotopic (exact) mass is 290 g/mol. The van der Waals surface area contributed by atoms with Crippen LogP contribution in [0, 0.1) is 5.41 Å². The Bertz CT molecular complexity index is 567. The van der Waals surface area contributed by atoms with Crippen molar-refractivity contribution >= 4 is 5.95 Å². The molecular weight excluding hydrogens is 268 g/mol. The number of aromatic nitrogens is 6. The van der Waals surface area contributed by atoms with Crippen LogP contribution in [0.3, 0.4) is 0 Å². The summed E-state index contributed by atoms with van der Waals surface area (Å²) in [6.07, 6.45) is 5.35. The lowest BCUT2D eigenvalue weighted by Gasteiger charge is -2.38. The predicted molar refractivity (Wildman–Crippen MR) is 78.8 cm³/mol. The number of nitrogens with two attached hydrogens (primary N) is 1. The zero-order chi connectivity index (χ0) is 14.9. The first-order valence-corrected chi connectivity index (χ1v) is 7.33. The molecule has 3 heterocycles. The molecule has 1 saturated heterocycles. The Labute approximate surface area is 123 Å². The summed E-state index contributed by atoms with van der Waals surface area (Å²) in [5, 5.41) is 11.5. The van der Waals surface area contributed by atoms with Gasteiger partial charge in [-0.3, -0.25) is 5.10 Å². The number of aromatic amines is 1. The summed E-state index contributed by atoms with van der Waals surface area (Å²) in [6.45, 7) is 6.90. The molecule has 114 valence electrons. The van der Waals surface area contributed by atoms with Crippen LogP contribution < -0.4 is 10.6 Å². The van der Waals surface area contributed by atoms with Gasteiger partial charge in [-0.15, -0.1) is 5.10 Å². The molecule has 1 unspecified atom stereocenters. The fraction of sp³-hybridized carbons (Fsp3) is 0.692. The molecule has 0 amide bonds. The van der Waals surface area contributed by atoms with Crippen LogP contribution in [0.5, 0.6) is 0 Å². The molecule has 0 saturated carbocycles. The molecule has 1 atom stereocenters. The molecule has 8 nitrogen and oxygen atoms in total. The van der Waals surface area contributed by atoms with E-state index in [0.29, 0.717) is 0 Å². The summed E-state index contributed by atoms with van der Waals surface area (Å²) in [5.74, 6) is 1.55. The van der Waals surface area contributed by atoms with E-state index in [4.69, 9.17) is 5.73 Å². The summed E-state index contributed by atoms with van der Waals surface area (Å²) >= 11 is 0. The maximum atomic E-state index is 5.85. The Morgan fingerprint density at radius 3 is 2.81 bits per heavy atom. The third-order valence-electron chi connectivity index (χ3n) is 4.47. The van der Waals surface area contributed by atoms with Gasteiger partial charge in [0.05, 0.1) is 0 Å². The second-order valence-corrected chi connectivity index (χ2v) is 6.07. The van der Waals surface area contributed by atoms with Gasteiger partial charge >= 0.3 is 0 Å². The molecule has 21 heavy (non-hydrogen) atoms. The van der Waals surface area contributed by atoms with Gasteiger partial charge in [0.2, 0.25) is 5.95 Å². The Kier molecular flexibility index (Phi) is 3.62. The van der Waals surface area contributed by atoms with Crippen LogP contribution >= 0.6 is 0 Å². The van der Waals surface area contributed by atoms with E-state index < -0.39 is 0 Å². The lowest BCUT2D eigenvalue weighted by molar-refractivity contribution is 0.257. The van der Waals surface area contributed by atoms with Crippen molar-refractivity contribution in [2.24, 2.45) is 11.1 Å². The molecule has 0 radical (unpaired) electrons. The van der Waals surface area contributed by atoms with Crippen molar-refractivity contribution in [3.63, 3.8) is 0 Å². The summed E-state index contributed by atoms with van der Waals surface area (Å²) in [4.78, 5) is 10.8. The van der Waals surface area contributed by atoms with E-state index in [1.165, 1.54) is 6.33 Å². The largest absolute Gasteiger partial charge is 0.340 e. The molecule has 8 heteroatoms. The molecule has 0 aliphatic carbocycles. The first kappa shape index (κ1) is 14.0. The van der Waals surface area contributed by atoms with Crippen LogP contribution in [-0.2, 0) is 0 Å². The van der Waals surface area contributed by atoms with Crippen LogP contribution in [0.1, 0.15) is 38.6 Å². The van der Waals surface area contributed by atoms with Crippen molar-refractivity contribution < 1.29 is 0 Å². The Balaban J connectivity index is 1.69. The highest BCUT2D eigenvalue weighted by Gasteiger charge is 2.30. The van der Waals surface area contributed by atoms with Gasteiger partial charge in [-0.25, -0.2) is 9.67 Å². The van der Waals surface area contributed by atoms with Gasteiger partial charge in [-0.05, 0) is 31.7 Å². The minimum atomic E-state index is -0.00662. The van der Waals surface area contributed by atoms with E-state index in [9.17, 15) is 0 Å². The summed E-state index contributed by atoms with van der Waals surface area (Å²) in [6, 6.07) is -0.00662. The Morgan fingerprint density at radius 1 is 1.43 bits per heavy atom. The normalized spacial score (nSPS) is 19.7. The fourth-order valence-electron chi connectivity index (χ4n) is 2.59. The summed E-state index contributed by atoms with van der Waals surface area (Å²) in [7, 11) is 0. The number of nitrogens with one attached hydrogen (secondary N) is 1. The molecule has 3 rings (SSSR count). The summed E-state index contributed by atoms with van der Waals surface area (Å²) in [5.41, 5.74) is 6.10. The third kappa shape index (κ3) is 2.76. The highest BCUT2D eigenvalue weighted by atomic mass is 15.4. The molecule has 2 aromatic heterocycles. The quantitative estimate of drug-likeness (QED) is 0.853. The van der Waals surface area contributed by atoms with E-state index in [2.05, 4.69) is 37.1 Å². The molecule has 2 aromatic rings. The van der Waals surface area contributed by atoms with Crippen LogP contribution in [0.4, 0.5) is 5.95 Å². The lowest BCUT2D eigenvalue weighted by Crippen LogP contribution is -2.42. The molecule has 0 aromatic carbocycles. The number of nitrogens with zero attached hydrogens (tertiary/aromatic N) is 6. The Hall–Kier alpha value is -1.96. The van der Waals surface area contributed by atoms with Gasteiger partial charge in [0.1, 0.15) is 18.7 Å². The highest BCUT2D eigenvalue weighted by Crippen LogP contribution is 2.31. The van der Waals surface area contributed by atoms with Gasteiger partial charge in [0, 0.05) is 13.1 Å². The van der Waals surface area contributed by atoms with Crippen LogP contribution in [-0.4, -0.2) is 49.6 Å². The van der Waals surface area contributed by atoms with Gasteiger partial charge in [-0.2, -0.15) is 10.1 Å². The van der Waals surface area contributed by atoms with E-state index in [1.807, 2.05) is 6.92 Å².